The van der Waals surface area contributed by atoms with Crippen LogP contribution in [0.25, 0.3) is 0 Å². The van der Waals surface area contributed by atoms with Crippen molar-refractivity contribution in [2.45, 2.75) is 25.5 Å². The molecule has 1 aliphatic heterocycles. The fourth-order valence-corrected chi connectivity index (χ4v) is 2.87. The van der Waals surface area contributed by atoms with E-state index in [0.717, 1.165) is 0 Å². The number of nitrogens with zero attached hydrogens (tertiary/aromatic N) is 1. The summed E-state index contributed by atoms with van der Waals surface area (Å²) < 4.78 is 29.9. The van der Waals surface area contributed by atoms with E-state index in [2.05, 4.69) is 4.74 Å². The van der Waals surface area contributed by atoms with Crippen molar-refractivity contribution >= 4 is 22.3 Å². The van der Waals surface area contributed by atoms with Gasteiger partial charge in [0.25, 0.3) is 0 Å². The number of carbonyl (C=O) groups is 2. The predicted molar refractivity (Wildman–Crippen MR) is 57.8 cm³/mol. The SMILES string of the molecule is CCOC(=O)NS(=O)(=O)N1C[C@H](O)C[C@H]1C(=O)O. The maximum Gasteiger partial charge on any atom is 0.421 e. The molecule has 0 radical (unpaired) electrons. The van der Waals surface area contributed by atoms with Crippen molar-refractivity contribution in [2.75, 3.05) is 13.2 Å². The van der Waals surface area contributed by atoms with Crippen molar-refractivity contribution in [3.8, 4) is 0 Å². The first-order valence-corrected chi connectivity index (χ1v) is 6.59. The molecule has 0 aromatic rings. The molecule has 1 amide bonds. The minimum atomic E-state index is -4.34. The summed E-state index contributed by atoms with van der Waals surface area (Å²) >= 11 is 0. The number of aliphatic hydroxyl groups excluding tert-OH is 1. The summed E-state index contributed by atoms with van der Waals surface area (Å²) in [6.07, 6.45) is -2.49. The average molecular weight is 282 g/mol. The lowest BCUT2D eigenvalue weighted by Crippen LogP contribution is -2.48. The Bertz CT molecular complexity index is 435. The number of ether oxygens (including phenoxy) is 1. The molecule has 1 rings (SSSR count). The van der Waals surface area contributed by atoms with Gasteiger partial charge in [-0.1, -0.05) is 0 Å². The molecule has 10 heteroatoms. The van der Waals surface area contributed by atoms with Crippen molar-refractivity contribution in [3.63, 3.8) is 0 Å². The summed E-state index contributed by atoms with van der Waals surface area (Å²) in [5, 5.41) is 18.1. The molecule has 1 fully saturated rings. The molecule has 0 aromatic carbocycles. The van der Waals surface area contributed by atoms with Crippen LogP contribution in [-0.4, -0.2) is 60.3 Å². The zero-order chi connectivity index (χ0) is 13.9. The molecule has 9 nitrogen and oxygen atoms in total. The van der Waals surface area contributed by atoms with Gasteiger partial charge in [0.2, 0.25) is 0 Å². The maximum atomic E-state index is 11.7. The number of carboxylic acid groups (broad SMARTS) is 1. The lowest BCUT2D eigenvalue weighted by molar-refractivity contribution is -0.140. The van der Waals surface area contributed by atoms with E-state index >= 15 is 0 Å². The zero-order valence-corrected chi connectivity index (χ0v) is 10.4. The Morgan fingerprint density at radius 2 is 2.11 bits per heavy atom. The monoisotopic (exact) mass is 282 g/mol. The van der Waals surface area contributed by atoms with Gasteiger partial charge in [-0.15, -0.1) is 0 Å². The fourth-order valence-electron chi connectivity index (χ4n) is 1.60. The Morgan fingerprint density at radius 1 is 1.50 bits per heavy atom. The predicted octanol–water partition coefficient (Wildman–Crippen LogP) is -1.50. The number of carbonyl (C=O) groups excluding carboxylic acids is 1. The molecule has 104 valence electrons. The first kappa shape index (κ1) is 14.7. The van der Waals surface area contributed by atoms with Crippen LogP contribution in [0.2, 0.25) is 0 Å². The largest absolute Gasteiger partial charge is 0.480 e. The third kappa shape index (κ3) is 3.31. The normalized spacial score (nSPS) is 24.8. The summed E-state index contributed by atoms with van der Waals surface area (Å²) in [6.45, 7) is 1.09. The second-order valence-corrected chi connectivity index (χ2v) is 5.26. The number of amides is 1. The van der Waals surface area contributed by atoms with Gasteiger partial charge in [-0.25, -0.2) is 9.52 Å². The molecule has 1 aliphatic rings. The lowest BCUT2D eigenvalue weighted by atomic mass is 10.2. The number of β-amino-alcohol motifs (C(OH)–C–C–N with tert-alkyl or cyclic N) is 1. The van der Waals surface area contributed by atoms with Crippen LogP contribution >= 0.6 is 0 Å². The zero-order valence-electron chi connectivity index (χ0n) is 9.57. The third-order valence-electron chi connectivity index (χ3n) is 2.32. The highest BCUT2D eigenvalue weighted by atomic mass is 32.2. The van der Waals surface area contributed by atoms with Gasteiger partial charge in [0.05, 0.1) is 12.7 Å². The van der Waals surface area contributed by atoms with Crippen LogP contribution in [0.5, 0.6) is 0 Å². The molecular weight excluding hydrogens is 268 g/mol. The van der Waals surface area contributed by atoms with Crippen molar-refractivity contribution in [3.05, 3.63) is 0 Å². The number of hydrogen-bond donors (Lipinski definition) is 3. The molecule has 0 aromatic heterocycles. The number of nitrogens with one attached hydrogen (secondary N) is 1. The van der Waals surface area contributed by atoms with Crippen LogP contribution in [0.4, 0.5) is 4.79 Å². The molecule has 2 atom stereocenters. The van der Waals surface area contributed by atoms with Gasteiger partial charge < -0.3 is 14.9 Å². The van der Waals surface area contributed by atoms with Crippen molar-refractivity contribution < 1.29 is 33.0 Å². The van der Waals surface area contributed by atoms with Gasteiger partial charge in [-0.3, -0.25) is 4.79 Å². The van der Waals surface area contributed by atoms with Gasteiger partial charge in [0, 0.05) is 13.0 Å². The second-order valence-electron chi connectivity index (χ2n) is 3.64. The molecule has 0 spiro atoms. The van der Waals surface area contributed by atoms with E-state index in [1.165, 1.54) is 6.92 Å². The lowest BCUT2D eigenvalue weighted by Gasteiger charge is -2.20. The van der Waals surface area contributed by atoms with E-state index in [-0.39, 0.29) is 19.6 Å². The number of hydrogen-bond acceptors (Lipinski definition) is 6. The molecule has 1 saturated heterocycles. The Kier molecular flexibility index (Phi) is 4.48. The molecule has 3 N–H and O–H groups in total. The van der Waals surface area contributed by atoms with Crippen LogP contribution < -0.4 is 4.72 Å². The van der Waals surface area contributed by atoms with E-state index in [9.17, 15) is 23.1 Å². The van der Waals surface area contributed by atoms with Crippen LogP contribution in [0.3, 0.4) is 0 Å². The van der Waals surface area contributed by atoms with Crippen molar-refractivity contribution in [1.82, 2.24) is 9.03 Å². The van der Waals surface area contributed by atoms with Crippen molar-refractivity contribution in [2.24, 2.45) is 0 Å². The fraction of sp³-hybridized carbons (Fsp3) is 0.750. The highest BCUT2D eigenvalue weighted by molar-refractivity contribution is 7.87. The minimum absolute atomic E-state index is 0.0215. The Balaban J connectivity index is 2.83. The van der Waals surface area contributed by atoms with Crippen LogP contribution in [-0.2, 0) is 19.7 Å². The summed E-state index contributed by atoms with van der Waals surface area (Å²) in [7, 11) is -4.34. The number of aliphatic carboxylic acids is 1. The van der Waals surface area contributed by atoms with Crippen LogP contribution in [0.15, 0.2) is 0 Å². The molecule has 18 heavy (non-hydrogen) atoms. The maximum absolute atomic E-state index is 11.7. The average Bonchev–Trinajstić information content (AvgIpc) is 2.60. The molecular formula is C8H14N2O7S. The second kappa shape index (κ2) is 5.50. The van der Waals surface area contributed by atoms with Gasteiger partial charge in [-0.05, 0) is 6.92 Å². The highest BCUT2D eigenvalue weighted by Gasteiger charge is 2.43. The van der Waals surface area contributed by atoms with E-state index in [4.69, 9.17) is 5.11 Å². The minimum Gasteiger partial charge on any atom is -0.480 e. The Hall–Kier alpha value is -1.39. The molecule has 0 aliphatic carbocycles. The molecule has 0 unspecified atom stereocenters. The first-order valence-electron chi connectivity index (χ1n) is 5.15. The summed E-state index contributed by atoms with van der Waals surface area (Å²) in [6, 6.07) is -1.40. The topological polar surface area (TPSA) is 133 Å². The quantitative estimate of drug-likeness (QED) is 0.571. The van der Waals surface area contributed by atoms with Gasteiger partial charge in [0.15, 0.2) is 0 Å². The van der Waals surface area contributed by atoms with Crippen molar-refractivity contribution in [1.29, 1.82) is 0 Å². The molecule has 1 heterocycles. The Labute approximate surface area is 104 Å². The molecule has 0 bridgehead atoms. The molecule has 0 saturated carbocycles. The van der Waals surface area contributed by atoms with E-state index in [0.29, 0.717) is 4.31 Å². The smallest absolute Gasteiger partial charge is 0.421 e. The summed E-state index contributed by atoms with van der Waals surface area (Å²) in [5.41, 5.74) is 0. The van der Waals surface area contributed by atoms with Gasteiger partial charge in [-0.2, -0.15) is 12.7 Å². The van der Waals surface area contributed by atoms with Crippen LogP contribution in [0, 0.1) is 0 Å². The van der Waals surface area contributed by atoms with E-state index in [1.54, 1.807) is 4.72 Å². The third-order valence-corrected chi connectivity index (χ3v) is 3.76. The first-order chi connectivity index (χ1) is 8.27. The van der Waals surface area contributed by atoms with E-state index in [1.807, 2.05) is 0 Å². The number of rotatable bonds is 4. The van der Waals surface area contributed by atoms with Gasteiger partial charge >= 0.3 is 22.3 Å². The highest BCUT2D eigenvalue weighted by Crippen LogP contribution is 2.20. The summed E-state index contributed by atoms with van der Waals surface area (Å²) in [4.78, 5) is 21.9. The number of carboxylic acids is 1. The standard InChI is InChI=1S/C8H14N2O7S/c1-2-17-8(14)9-18(15,16)10-4-5(11)3-6(10)7(12)13/h5-6,11H,2-4H2,1H3,(H,9,14)(H,12,13)/t5-,6+/m1/s1. The van der Waals surface area contributed by atoms with Crippen LogP contribution in [0.1, 0.15) is 13.3 Å². The Morgan fingerprint density at radius 3 is 2.61 bits per heavy atom. The summed E-state index contributed by atoms with van der Waals surface area (Å²) in [5.74, 6) is -1.39. The number of aliphatic hydroxyl groups is 1. The van der Waals surface area contributed by atoms with Gasteiger partial charge in [0.1, 0.15) is 6.04 Å². The van der Waals surface area contributed by atoms with E-state index < -0.39 is 34.4 Å².